The van der Waals surface area contributed by atoms with Crippen LogP contribution in [0, 0.1) is 5.92 Å². The van der Waals surface area contributed by atoms with E-state index in [1.165, 1.54) is 0 Å². The third-order valence-corrected chi connectivity index (χ3v) is 4.11. The van der Waals surface area contributed by atoms with E-state index in [0.29, 0.717) is 31.2 Å². The van der Waals surface area contributed by atoms with Crippen molar-refractivity contribution in [2.45, 2.75) is 31.7 Å². The van der Waals surface area contributed by atoms with Crippen LogP contribution in [0.25, 0.3) is 0 Å². The van der Waals surface area contributed by atoms with Crippen LogP contribution >= 0.6 is 0 Å². The zero-order valence-corrected chi connectivity index (χ0v) is 11.4. The van der Waals surface area contributed by atoms with Crippen LogP contribution in [0.3, 0.4) is 0 Å². The smallest absolute Gasteiger partial charge is 0.306 e. The molecule has 1 aromatic carbocycles. The number of carboxylic acid groups (broad SMARTS) is 1. The van der Waals surface area contributed by atoms with E-state index in [1.807, 2.05) is 0 Å². The summed E-state index contributed by atoms with van der Waals surface area (Å²) in [5.74, 6) is -1.44. The van der Waals surface area contributed by atoms with E-state index in [4.69, 9.17) is 5.11 Å². The molecule has 1 aliphatic carbocycles. The molecule has 0 bridgehead atoms. The fourth-order valence-corrected chi connectivity index (χ4v) is 2.98. The summed E-state index contributed by atoms with van der Waals surface area (Å²) in [6.07, 6.45) is 2.06. The molecule has 110 valence electrons. The molecule has 1 heterocycles. The van der Waals surface area contributed by atoms with E-state index in [2.05, 4.69) is 10.6 Å². The lowest BCUT2D eigenvalue weighted by Crippen LogP contribution is -2.33. The number of amides is 2. The van der Waals surface area contributed by atoms with Gasteiger partial charge in [0.1, 0.15) is 0 Å². The van der Waals surface area contributed by atoms with Crippen molar-refractivity contribution in [1.29, 1.82) is 0 Å². The summed E-state index contributed by atoms with van der Waals surface area (Å²) < 4.78 is 0. The molecular formula is C15H16N2O4. The van der Waals surface area contributed by atoms with Gasteiger partial charge in [-0.2, -0.15) is 0 Å². The van der Waals surface area contributed by atoms with Crippen LogP contribution in [-0.4, -0.2) is 28.9 Å². The topological polar surface area (TPSA) is 95.5 Å². The summed E-state index contributed by atoms with van der Waals surface area (Å²) in [6, 6.07) is 5.02. The second-order valence-corrected chi connectivity index (χ2v) is 5.62. The SMILES string of the molecule is O=C1Cc2cc(C(=O)N[C@H]3CC[C@@H](C(=O)O)C3)ccc2N1. The second kappa shape index (κ2) is 5.20. The first-order chi connectivity index (χ1) is 10.0. The molecule has 2 amide bonds. The maximum absolute atomic E-state index is 12.2. The third-order valence-electron chi connectivity index (χ3n) is 4.11. The average molecular weight is 288 g/mol. The lowest BCUT2D eigenvalue weighted by atomic mass is 10.1. The number of carbonyl (C=O) groups excluding carboxylic acids is 2. The zero-order chi connectivity index (χ0) is 15.0. The van der Waals surface area contributed by atoms with E-state index in [0.717, 1.165) is 11.3 Å². The standard InChI is InChI=1S/C15H16N2O4/c18-13-7-10-5-8(2-4-12(10)17-13)14(19)16-11-3-1-9(6-11)15(20)21/h2,4-5,9,11H,1,3,6-7H2,(H,16,19)(H,17,18)(H,20,21)/t9-,11+/m1/s1. The summed E-state index contributed by atoms with van der Waals surface area (Å²) >= 11 is 0. The lowest BCUT2D eigenvalue weighted by Gasteiger charge is -2.13. The van der Waals surface area contributed by atoms with Crippen molar-refractivity contribution in [3.63, 3.8) is 0 Å². The highest BCUT2D eigenvalue weighted by Crippen LogP contribution is 2.27. The number of anilines is 1. The zero-order valence-electron chi connectivity index (χ0n) is 11.4. The summed E-state index contributed by atoms with van der Waals surface area (Å²) in [6.45, 7) is 0. The molecule has 2 atom stereocenters. The minimum Gasteiger partial charge on any atom is -0.481 e. The van der Waals surface area contributed by atoms with Crippen LogP contribution in [0.1, 0.15) is 35.2 Å². The van der Waals surface area contributed by atoms with Gasteiger partial charge in [-0.1, -0.05) is 0 Å². The largest absolute Gasteiger partial charge is 0.481 e. The Bertz CT molecular complexity index is 626. The van der Waals surface area contributed by atoms with Crippen molar-refractivity contribution < 1.29 is 19.5 Å². The number of hydrogen-bond donors (Lipinski definition) is 3. The highest BCUT2D eigenvalue weighted by molar-refractivity contribution is 6.01. The van der Waals surface area contributed by atoms with Gasteiger partial charge in [-0.3, -0.25) is 14.4 Å². The van der Waals surface area contributed by atoms with Gasteiger partial charge >= 0.3 is 5.97 Å². The Morgan fingerprint density at radius 2 is 2.10 bits per heavy atom. The molecule has 2 aliphatic rings. The predicted octanol–water partition coefficient (Wildman–Crippen LogP) is 1.16. The minimum atomic E-state index is -0.797. The minimum absolute atomic E-state index is 0.0670. The predicted molar refractivity (Wildman–Crippen MR) is 75.0 cm³/mol. The molecule has 6 heteroatoms. The molecular weight excluding hydrogens is 272 g/mol. The molecule has 0 spiro atoms. The Balaban J connectivity index is 1.66. The van der Waals surface area contributed by atoms with Gasteiger partial charge in [-0.05, 0) is 43.0 Å². The van der Waals surface area contributed by atoms with Crippen LogP contribution in [0.4, 0.5) is 5.69 Å². The molecule has 0 aromatic heterocycles. The summed E-state index contributed by atoms with van der Waals surface area (Å²) in [7, 11) is 0. The highest BCUT2D eigenvalue weighted by Gasteiger charge is 2.30. The van der Waals surface area contributed by atoms with Crippen LogP contribution < -0.4 is 10.6 Å². The molecule has 21 heavy (non-hydrogen) atoms. The quantitative estimate of drug-likeness (QED) is 0.778. The molecule has 0 saturated heterocycles. The molecule has 1 aromatic rings. The number of nitrogens with one attached hydrogen (secondary N) is 2. The van der Waals surface area contributed by atoms with Crippen molar-refractivity contribution >= 4 is 23.5 Å². The van der Waals surface area contributed by atoms with Crippen molar-refractivity contribution in [3.8, 4) is 0 Å². The molecule has 1 aliphatic heterocycles. The Labute approximate surface area is 121 Å². The van der Waals surface area contributed by atoms with Crippen LogP contribution in [-0.2, 0) is 16.0 Å². The number of carbonyl (C=O) groups is 3. The average Bonchev–Trinajstić information content (AvgIpc) is 3.02. The van der Waals surface area contributed by atoms with Gasteiger partial charge in [0.15, 0.2) is 0 Å². The van der Waals surface area contributed by atoms with Gasteiger partial charge in [0.25, 0.3) is 5.91 Å². The number of aliphatic carboxylic acids is 1. The fourth-order valence-electron chi connectivity index (χ4n) is 2.98. The first-order valence-corrected chi connectivity index (χ1v) is 6.99. The van der Waals surface area contributed by atoms with E-state index >= 15 is 0 Å². The van der Waals surface area contributed by atoms with E-state index in [9.17, 15) is 14.4 Å². The van der Waals surface area contributed by atoms with Crippen LogP contribution in [0.15, 0.2) is 18.2 Å². The Kier molecular flexibility index (Phi) is 3.37. The maximum Gasteiger partial charge on any atom is 0.306 e. The first-order valence-electron chi connectivity index (χ1n) is 6.99. The number of fused-ring (bicyclic) bond motifs is 1. The van der Waals surface area contributed by atoms with Crippen molar-refractivity contribution in [2.24, 2.45) is 5.92 Å². The summed E-state index contributed by atoms with van der Waals surface area (Å²) in [5.41, 5.74) is 2.08. The molecule has 3 rings (SSSR count). The van der Waals surface area contributed by atoms with E-state index < -0.39 is 5.97 Å². The Morgan fingerprint density at radius 1 is 1.29 bits per heavy atom. The number of carboxylic acids is 1. The Morgan fingerprint density at radius 3 is 2.81 bits per heavy atom. The lowest BCUT2D eigenvalue weighted by molar-refractivity contribution is -0.141. The number of hydrogen-bond acceptors (Lipinski definition) is 3. The molecule has 1 fully saturated rings. The van der Waals surface area contributed by atoms with Crippen molar-refractivity contribution in [3.05, 3.63) is 29.3 Å². The van der Waals surface area contributed by atoms with E-state index in [-0.39, 0.29) is 23.8 Å². The molecule has 3 N–H and O–H groups in total. The van der Waals surface area contributed by atoms with Crippen molar-refractivity contribution in [1.82, 2.24) is 5.32 Å². The molecule has 6 nitrogen and oxygen atoms in total. The number of benzene rings is 1. The van der Waals surface area contributed by atoms with Crippen LogP contribution in [0.5, 0.6) is 0 Å². The second-order valence-electron chi connectivity index (χ2n) is 5.62. The van der Waals surface area contributed by atoms with Gasteiger partial charge in [-0.25, -0.2) is 0 Å². The van der Waals surface area contributed by atoms with E-state index in [1.54, 1.807) is 18.2 Å². The van der Waals surface area contributed by atoms with Gasteiger partial charge in [0, 0.05) is 17.3 Å². The monoisotopic (exact) mass is 288 g/mol. The molecule has 0 unspecified atom stereocenters. The van der Waals surface area contributed by atoms with Gasteiger partial charge < -0.3 is 15.7 Å². The molecule has 0 radical (unpaired) electrons. The fraction of sp³-hybridized carbons (Fsp3) is 0.400. The maximum atomic E-state index is 12.2. The highest BCUT2D eigenvalue weighted by atomic mass is 16.4. The summed E-state index contributed by atoms with van der Waals surface area (Å²) in [5, 5.41) is 14.6. The Hall–Kier alpha value is -2.37. The van der Waals surface area contributed by atoms with Gasteiger partial charge in [0.2, 0.25) is 5.91 Å². The van der Waals surface area contributed by atoms with Gasteiger partial charge in [0.05, 0.1) is 12.3 Å². The number of rotatable bonds is 3. The normalized spacial score (nSPS) is 23.5. The molecule has 1 saturated carbocycles. The summed E-state index contributed by atoms with van der Waals surface area (Å²) in [4.78, 5) is 34.4. The van der Waals surface area contributed by atoms with Crippen molar-refractivity contribution in [2.75, 3.05) is 5.32 Å². The van der Waals surface area contributed by atoms with Gasteiger partial charge in [-0.15, -0.1) is 0 Å². The first kappa shape index (κ1) is 13.6. The third kappa shape index (κ3) is 2.74. The van der Waals surface area contributed by atoms with Crippen LogP contribution in [0.2, 0.25) is 0 Å².